The van der Waals surface area contributed by atoms with Crippen molar-refractivity contribution in [2.75, 3.05) is 16.8 Å². The summed E-state index contributed by atoms with van der Waals surface area (Å²) in [5, 5.41) is 11.4. The molecule has 5 heteroatoms. The summed E-state index contributed by atoms with van der Waals surface area (Å²) in [7, 11) is 0. The minimum atomic E-state index is 0.386. The molecule has 0 spiro atoms. The van der Waals surface area contributed by atoms with Crippen LogP contribution in [0.4, 0.5) is 17.5 Å². The summed E-state index contributed by atoms with van der Waals surface area (Å²) >= 11 is 0. The smallest absolute Gasteiger partial charge is 0.244 e. The monoisotopic (exact) mass is 283 g/mol. The second-order valence-corrected chi connectivity index (χ2v) is 5.96. The van der Waals surface area contributed by atoms with Gasteiger partial charge in [0.1, 0.15) is 0 Å². The van der Waals surface area contributed by atoms with E-state index in [9.17, 15) is 0 Å². The molecular formula is C16H21N5. The second-order valence-electron chi connectivity index (χ2n) is 5.96. The molecule has 3 rings (SSSR count). The van der Waals surface area contributed by atoms with Crippen molar-refractivity contribution in [1.29, 1.82) is 0 Å². The van der Waals surface area contributed by atoms with Crippen molar-refractivity contribution in [3.63, 3.8) is 0 Å². The van der Waals surface area contributed by atoms with Crippen molar-refractivity contribution in [3.8, 4) is 0 Å². The standard InChI is InChI=1S/C16H21N5/c1-11(2)9-17-16-19-15(10-18-20-16)21-12(3)8-13-6-4-5-7-14(13)21/h4-7,10-12H,8-9H2,1-3H3,(H,17,19,20). The van der Waals surface area contributed by atoms with Gasteiger partial charge < -0.3 is 10.2 Å². The third-order valence-corrected chi connectivity index (χ3v) is 3.67. The van der Waals surface area contributed by atoms with E-state index in [1.807, 2.05) is 0 Å². The Balaban J connectivity index is 1.88. The molecule has 110 valence electrons. The van der Waals surface area contributed by atoms with Crippen LogP contribution in [0.15, 0.2) is 30.5 Å². The SMILES string of the molecule is CC(C)CNc1nncc(N2c3ccccc3CC2C)n1. The minimum Gasteiger partial charge on any atom is -0.353 e. The highest BCUT2D eigenvalue weighted by Gasteiger charge is 2.28. The zero-order valence-corrected chi connectivity index (χ0v) is 12.7. The van der Waals surface area contributed by atoms with Gasteiger partial charge in [0.2, 0.25) is 5.95 Å². The number of nitrogens with zero attached hydrogens (tertiary/aromatic N) is 4. The van der Waals surface area contributed by atoms with Gasteiger partial charge >= 0.3 is 0 Å². The topological polar surface area (TPSA) is 53.9 Å². The fraction of sp³-hybridized carbons (Fsp3) is 0.438. The molecule has 0 saturated carbocycles. The van der Waals surface area contributed by atoms with Gasteiger partial charge in [-0.1, -0.05) is 32.0 Å². The lowest BCUT2D eigenvalue weighted by atomic mass is 10.1. The summed E-state index contributed by atoms with van der Waals surface area (Å²) in [6.07, 6.45) is 2.77. The molecule has 1 aliphatic heterocycles. The van der Waals surface area contributed by atoms with E-state index in [-0.39, 0.29) is 0 Å². The fourth-order valence-corrected chi connectivity index (χ4v) is 2.70. The zero-order chi connectivity index (χ0) is 14.8. The number of aromatic nitrogens is 3. The van der Waals surface area contributed by atoms with E-state index in [0.29, 0.717) is 17.9 Å². The predicted octanol–water partition coefficient (Wildman–Crippen LogP) is 3.02. The molecule has 0 fully saturated rings. The number of nitrogens with one attached hydrogen (secondary N) is 1. The molecule has 1 unspecified atom stereocenters. The first-order valence-corrected chi connectivity index (χ1v) is 7.46. The molecule has 1 atom stereocenters. The fourth-order valence-electron chi connectivity index (χ4n) is 2.70. The summed E-state index contributed by atoms with van der Waals surface area (Å²) in [5.74, 6) is 2.00. The maximum Gasteiger partial charge on any atom is 0.244 e. The van der Waals surface area contributed by atoms with Gasteiger partial charge in [0, 0.05) is 18.3 Å². The molecule has 1 N–H and O–H groups in total. The quantitative estimate of drug-likeness (QED) is 0.934. The van der Waals surface area contributed by atoms with Crippen molar-refractivity contribution in [2.24, 2.45) is 5.92 Å². The maximum absolute atomic E-state index is 4.62. The van der Waals surface area contributed by atoms with Crippen LogP contribution in [0, 0.1) is 5.92 Å². The summed E-state index contributed by atoms with van der Waals surface area (Å²) in [5.41, 5.74) is 2.58. The largest absolute Gasteiger partial charge is 0.353 e. The van der Waals surface area contributed by atoms with Gasteiger partial charge in [-0.2, -0.15) is 10.1 Å². The Labute approximate surface area is 125 Å². The third kappa shape index (κ3) is 2.82. The number of para-hydroxylation sites is 1. The Kier molecular flexibility index (Phi) is 3.73. The van der Waals surface area contributed by atoms with Crippen molar-refractivity contribution in [3.05, 3.63) is 36.0 Å². The molecule has 1 aliphatic rings. The van der Waals surface area contributed by atoms with Gasteiger partial charge in [-0.15, -0.1) is 5.10 Å². The first-order valence-electron chi connectivity index (χ1n) is 7.46. The van der Waals surface area contributed by atoms with Crippen LogP contribution in [0.1, 0.15) is 26.3 Å². The summed E-state index contributed by atoms with van der Waals surface area (Å²) in [4.78, 5) is 6.86. The van der Waals surface area contributed by atoms with Crippen LogP contribution >= 0.6 is 0 Å². The molecule has 0 radical (unpaired) electrons. The van der Waals surface area contributed by atoms with E-state index in [2.05, 4.69) is 70.4 Å². The van der Waals surface area contributed by atoms with Gasteiger partial charge in [0.15, 0.2) is 5.82 Å². The first-order chi connectivity index (χ1) is 10.1. The highest BCUT2D eigenvalue weighted by atomic mass is 15.3. The maximum atomic E-state index is 4.62. The molecule has 1 aromatic carbocycles. The number of fused-ring (bicyclic) bond motifs is 1. The lowest BCUT2D eigenvalue weighted by Crippen LogP contribution is -2.25. The van der Waals surface area contributed by atoms with E-state index < -0.39 is 0 Å². The van der Waals surface area contributed by atoms with Crippen LogP contribution in [0.25, 0.3) is 0 Å². The van der Waals surface area contributed by atoms with E-state index >= 15 is 0 Å². The van der Waals surface area contributed by atoms with E-state index in [1.165, 1.54) is 11.3 Å². The average molecular weight is 283 g/mol. The highest BCUT2D eigenvalue weighted by Crippen LogP contribution is 2.36. The Morgan fingerprint density at radius 2 is 2.14 bits per heavy atom. The van der Waals surface area contributed by atoms with Crippen molar-refractivity contribution < 1.29 is 0 Å². The van der Waals surface area contributed by atoms with Crippen LogP contribution < -0.4 is 10.2 Å². The summed E-state index contributed by atoms with van der Waals surface area (Å²) in [6, 6.07) is 8.86. The summed E-state index contributed by atoms with van der Waals surface area (Å²) < 4.78 is 0. The van der Waals surface area contributed by atoms with Gasteiger partial charge in [0.25, 0.3) is 0 Å². The van der Waals surface area contributed by atoms with E-state index in [1.54, 1.807) is 6.20 Å². The normalized spacial score (nSPS) is 17.1. The van der Waals surface area contributed by atoms with Crippen LogP contribution in [0.5, 0.6) is 0 Å². The van der Waals surface area contributed by atoms with Crippen LogP contribution in [-0.2, 0) is 6.42 Å². The molecule has 5 nitrogen and oxygen atoms in total. The lowest BCUT2D eigenvalue weighted by Gasteiger charge is -2.23. The van der Waals surface area contributed by atoms with Gasteiger partial charge in [-0.25, -0.2) is 0 Å². The van der Waals surface area contributed by atoms with E-state index in [4.69, 9.17) is 0 Å². The van der Waals surface area contributed by atoms with Crippen LogP contribution in [0.3, 0.4) is 0 Å². The van der Waals surface area contributed by atoms with Crippen molar-refractivity contribution in [2.45, 2.75) is 33.2 Å². The Morgan fingerprint density at radius 3 is 2.95 bits per heavy atom. The van der Waals surface area contributed by atoms with Crippen molar-refractivity contribution in [1.82, 2.24) is 15.2 Å². The molecule has 2 heterocycles. The number of anilines is 3. The summed E-state index contributed by atoms with van der Waals surface area (Å²) in [6.45, 7) is 7.37. The second kappa shape index (κ2) is 5.68. The predicted molar refractivity (Wildman–Crippen MR) is 84.9 cm³/mol. The van der Waals surface area contributed by atoms with Gasteiger partial charge in [-0.05, 0) is 30.9 Å². The third-order valence-electron chi connectivity index (χ3n) is 3.67. The Hall–Kier alpha value is -2.17. The molecule has 2 aromatic rings. The number of hydrogen-bond acceptors (Lipinski definition) is 5. The highest BCUT2D eigenvalue weighted by molar-refractivity contribution is 5.68. The first kappa shape index (κ1) is 13.8. The zero-order valence-electron chi connectivity index (χ0n) is 12.7. The molecule has 0 saturated heterocycles. The average Bonchev–Trinajstić information content (AvgIpc) is 2.81. The van der Waals surface area contributed by atoms with E-state index in [0.717, 1.165) is 18.8 Å². The molecule has 0 aliphatic carbocycles. The molecule has 0 bridgehead atoms. The lowest BCUT2D eigenvalue weighted by molar-refractivity contribution is 0.681. The van der Waals surface area contributed by atoms with Crippen molar-refractivity contribution >= 4 is 17.5 Å². The van der Waals surface area contributed by atoms with Gasteiger partial charge in [0.05, 0.1) is 6.20 Å². The van der Waals surface area contributed by atoms with Gasteiger partial charge in [-0.3, -0.25) is 0 Å². The number of benzene rings is 1. The Bertz CT molecular complexity index is 626. The number of hydrogen-bond donors (Lipinski definition) is 1. The molecule has 21 heavy (non-hydrogen) atoms. The molecule has 1 aromatic heterocycles. The molecule has 0 amide bonds. The van der Waals surface area contributed by atoms with Crippen LogP contribution in [0.2, 0.25) is 0 Å². The van der Waals surface area contributed by atoms with Crippen LogP contribution in [-0.4, -0.2) is 27.8 Å². The molecular weight excluding hydrogens is 262 g/mol. The minimum absolute atomic E-state index is 0.386. The number of rotatable bonds is 4. The Morgan fingerprint density at radius 1 is 1.33 bits per heavy atom.